The number of carbonyl (C=O) groups is 2. The third kappa shape index (κ3) is 42.4. The van der Waals surface area contributed by atoms with Crippen molar-refractivity contribution in [3.63, 3.8) is 0 Å². The molecular weight excluding hydrogens is 743 g/mol. The minimum Gasteiger partial charge on any atom is -0.462 e. The highest BCUT2D eigenvalue weighted by Crippen LogP contribution is 2.43. The summed E-state index contributed by atoms with van der Waals surface area (Å²) >= 11 is 0. The van der Waals surface area contributed by atoms with Crippen LogP contribution in [0.1, 0.15) is 219 Å². The highest BCUT2D eigenvalue weighted by atomic mass is 31.2. The van der Waals surface area contributed by atoms with E-state index in [9.17, 15) is 24.2 Å². The van der Waals surface area contributed by atoms with Crippen molar-refractivity contribution in [1.29, 1.82) is 0 Å². The van der Waals surface area contributed by atoms with E-state index in [-0.39, 0.29) is 19.4 Å². The average molecular weight is 831 g/mol. The van der Waals surface area contributed by atoms with Gasteiger partial charge in [0.05, 0.1) is 19.8 Å². The van der Waals surface area contributed by atoms with Crippen molar-refractivity contribution in [3.05, 3.63) is 24.3 Å². The van der Waals surface area contributed by atoms with Gasteiger partial charge >= 0.3 is 19.8 Å². The number of allylic oxidation sites excluding steroid dienone is 4. The molecule has 336 valence electrons. The smallest absolute Gasteiger partial charge is 0.462 e. The molecule has 0 rings (SSSR count). The van der Waals surface area contributed by atoms with Gasteiger partial charge < -0.3 is 24.6 Å². The Kier molecular flexibility index (Phi) is 41.4. The molecule has 0 spiro atoms. The van der Waals surface area contributed by atoms with Gasteiger partial charge in [-0.25, -0.2) is 4.57 Å². The van der Waals surface area contributed by atoms with Crippen molar-refractivity contribution in [3.8, 4) is 0 Å². The zero-order chi connectivity index (χ0) is 41.9. The topological polar surface area (TPSA) is 149 Å². The van der Waals surface area contributed by atoms with Gasteiger partial charge in [0, 0.05) is 12.8 Å². The van der Waals surface area contributed by atoms with Crippen LogP contribution < -0.4 is 0 Å². The number of esters is 2. The Hall–Kier alpha value is -1.55. The molecule has 0 fully saturated rings. The van der Waals surface area contributed by atoms with Crippen LogP contribution in [0.3, 0.4) is 0 Å². The van der Waals surface area contributed by atoms with Crippen LogP contribution in [0.25, 0.3) is 0 Å². The third-order valence-electron chi connectivity index (χ3n) is 10.1. The van der Waals surface area contributed by atoms with Crippen LogP contribution in [-0.2, 0) is 32.7 Å². The number of hydrogen-bond acceptors (Lipinski definition) is 9. The first-order chi connectivity index (χ1) is 27.7. The van der Waals surface area contributed by atoms with Gasteiger partial charge in [0.1, 0.15) is 12.7 Å². The van der Waals surface area contributed by atoms with Gasteiger partial charge in [-0.3, -0.25) is 18.6 Å². The van der Waals surface area contributed by atoms with Crippen molar-refractivity contribution >= 4 is 19.8 Å². The van der Waals surface area contributed by atoms with Crippen molar-refractivity contribution in [2.75, 3.05) is 26.4 Å². The van der Waals surface area contributed by atoms with Gasteiger partial charge in [0.25, 0.3) is 0 Å². The molecule has 11 heteroatoms. The molecule has 0 saturated carbocycles. The average Bonchev–Trinajstić information content (AvgIpc) is 3.20. The molecule has 3 atom stereocenters. The number of rotatable bonds is 44. The van der Waals surface area contributed by atoms with Gasteiger partial charge in [0.2, 0.25) is 0 Å². The summed E-state index contributed by atoms with van der Waals surface area (Å²) in [5.74, 6) is -0.953. The molecule has 10 nitrogen and oxygen atoms in total. The number of carbonyl (C=O) groups excluding carboxylic acids is 2. The summed E-state index contributed by atoms with van der Waals surface area (Å²) in [5.41, 5.74) is 0. The van der Waals surface area contributed by atoms with Crippen molar-refractivity contribution in [1.82, 2.24) is 0 Å². The molecule has 0 bridgehead atoms. The number of aliphatic hydroxyl groups is 2. The summed E-state index contributed by atoms with van der Waals surface area (Å²) in [4.78, 5) is 35.0. The third-order valence-corrected chi connectivity index (χ3v) is 11.1. The first-order valence-corrected chi connectivity index (χ1v) is 24.8. The summed E-state index contributed by atoms with van der Waals surface area (Å²) in [6.45, 7) is 2.37. The number of aliphatic hydroxyl groups excluding tert-OH is 2. The molecule has 3 N–H and O–H groups in total. The number of phosphoric ester groups is 1. The quantitative estimate of drug-likeness (QED) is 0.0234. The SMILES string of the molecule is CCCCCCCC/C=C/C/C=C/CCCCC(=O)OC[C@H](COP(=O)(O)OC[C@@H](O)CO)OC(=O)CCCCCCCCCCCCCCCCCCCCC. The van der Waals surface area contributed by atoms with Crippen LogP contribution in [0.2, 0.25) is 0 Å². The van der Waals surface area contributed by atoms with Gasteiger partial charge in [-0.15, -0.1) is 0 Å². The van der Waals surface area contributed by atoms with Crippen LogP contribution in [0.15, 0.2) is 24.3 Å². The Morgan fingerprint density at radius 3 is 1.39 bits per heavy atom. The van der Waals surface area contributed by atoms with E-state index in [0.29, 0.717) is 12.8 Å². The number of hydrogen-bond donors (Lipinski definition) is 3. The summed E-state index contributed by atoms with van der Waals surface area (Å²) in [5, 5.41) is 18.3. The first kappa shape index (κ1) is 55.5. The molecular formula is C46H87O10P. The zero-order valence-corrected chi connectivity index (χ0v) is 37.5. The monoisotopic (exact) mass is 831 g/mol. The van der Waals surface area contributed by atoms with E-state index in [1.807, 2.05) is 0 Å². The number of ether oxygens (including phenoxy) is 2. The molecule has 1 unspecified atom stereocenters. The van der Waals surface area contributed by atoms with Crippen molar-refractivity contribution in [2.45, 2.75) is 232 Å². The van der Waals surface area contributed by atoms with Crippen LogP contribution in [0.4, 0.5) is 0 Å². The van der Waals surface area contributed by atoms with Crippen LogP contribution in [0.5, 0.6) is 0 Å². The summed E-state index contributed by atoms with van der Waals surface area (Å²) < 4.78 is 32.7. The molecule has 0 aromatic rings. The second-order valence-corrected chi connectivity index (χ2v) is 17.2. The Morgan fingerprint density at radius 1 is 0.526 bits per heavy atom. The Bertz CT molecular complexity index is 1000. The number of phosphoric acid groups is 1. The van der Waals surface area contributed by atoms with E-state index in [1.54, 1.807) is 0 Å². The van der Waals surface area contributed by atoms with E-state index >= 15 is 0 Å². The first-order valence-electron chi connectivity index (χ1n) is 23.3. The molecule has 0 heterocycles. The largest absolute Gasteiger partial charge is 0.472 e. The minimum absolute atomic E-state index is 0.182. The normalized spacial score (nSPS) is 14.0. The standard InChI is InChI=1S/C46H87O10P/c1-3-5-7-9-11-13-15-17-19-20-21-22-24-26-28-30-32-34-36-38-46(50)56-44(42-55-57(51,52)54-40-43(48)39-47)41-53-45(49)37-35-33-31-29-27-25-23-18-16-14-12-10-8-6-4-2/h18,23,27,29,43-44,47-48H,3-17,19-22,24-26,28,30-42H2,1-2H3,(H,51,52)/b23-18+,29-27+/t43-,44+/m0/s1. The minimum atomic E-state index is -4.62. The van der Waals surface area contributed by atoms with Crippen LogP contribution in [0, 0.1) is 0 Å². The highest BCUT2D eigenvalue weighted by Gasteiger charge is 2.27. The van der Waals surface area contributed by atoms with Crippen LogP contribution >= 0.6 is 7.82 Å². The van der Waals surface area contributed by atoms with Crippen molar-refractivity contribution < 1.29 is 47.8 Å². The maximum absolute atomic E-state index is 12.6. The molecule has 0 aliphatic carbocycles. The fourth-order valence-corrected chi connectivity index (χ4v) is 7.28. The summed E-state index contributed by atoms with van der Waals surface area (Å²) in [6, 6.07) is 0. The predicted molar refractivity (Wildman–Crippen MR) is 233 cm³/mol. The molecule has 57 heavy (non-hydrogen) atoms. The molecule has 0 aliphatic rings. The lowest BCUT2D eigenvalue weighted by molar-refractivity contribution is -0.161. The Morgan fingerprint density at radius 2 is 0.912 bits per heavy atom. The molecule has 0 amide bonds. The Labute approximate surface area is 348 Å². The zero-order valence-electron chi connectivity index (χ0n) is 36.6. The molecule has 0 saturated heterocycles. The molecule has 0 aromatic heterocycles. The fourth-order valence-electron chi connectivity index (χ4n) is 6.50. The Balaban J connectivity index is 4.25. The van der Waals surface area contributed by atoms with E-state index < -0.39 is 51.8 Å². The van der Waals surface area contributed by atoms with E-state index in [4.69, 9.17) is 23.6 Å². The second-order valence-electron chi connectivity index (χ2n) is 15.8. The van der Waals surface area contributed by atoms with Gasteiger partial charge in [-0.2, -0.15) is 0 Å². The lowest BCUT2D eigenvalue weighted by Crippen LogP contribution is -2.29. The summed E-state index contributed by atoms with van der Waals surface area (Å²) in [6.07, 6.45) is 42.9. The molecule has 0 radical (unpaired) electrons. The number of unbranched alkanes of at least 4 members (excludes halogenated alkanes) is 26. The van der Waals surface area contributed by atoms with Crippen LogP contribution in [-0.4, -0.2) is 65.7 Å². The molecule has 0 aromatic carbocycles. The maximum Gasteiger partial charge on any atom is 0.472 e. The highest BCUT2D eigenvalue weighted by molar-refractivity contribution is 7.47. The van der Waals surface area contributed by atoms with E-state index in [1.165, 1.54) is 135 Å². The van der Waals surface area contributed by atoms with Gasteiger partial charge in [-0.05, 0) is 44.9 Å². The lowest BCUT2D eigenvalue weighted by Gasteiger charge is -2.20. The van der Waals surface area contributed by atoms with Gasteiger partial charge in [0.15, 0.2) is 6.10 Å². The summed E-state index contributed by atoms with van der Waals surface area (Å²) in [7, 11) is -4.62. The molecule has 0 aliphatic heterocycles. The van der Waals surface area contributed by atoms with Gasteiger partial charge in [-0.1, -0.05) is 186 Å². The second kappa shape index (κ2) is 42.6. The van der Waals surface area contributed by atoms with Crippen molar-refractivity contribution in [2.24, 2.45) is 0 Å². The van der Waals surface area contributed by atoms with E-state index in [0.717, 1.165) is 44.9 Å². The van der Waals surface area contributed by atoms with E-state index in [2.05, 4.69) is 38.2 Å². The lowest BCUT2D eigenvalue weighted by atomic mass is 10.0. The predicted octanol–water partition coefficient (Wildman–Crippen LogP) is 12.6. The fraction of sp³-hybridized carbons (Fsp3) is 0.870. The maximum atomic E-state index is 12.6.